The van der Waals surface area contributed by atoms with Crippen LogP contribution in [0.4, 0.5) is 10.2 Å². The summed E-state index contributed by atoms with van der Waals surface area (Å²) in [5.74, 6) is -1.85. The van der Waals surface area contributed by atoms with E-state index in [1.807, 2.05) is 11.0 Å². The van der Waals surface area contributed by atoms with Crippen molar-refractivity contribution >= 4 is 11.7 Å². The average molecular weight is 406 g/mol. The Labute approximate surface area is 172 Å². The highest BCUT2D eigenvalue weighted by Crippen LogP contribution is 2.27. The fraction of sp³-hybridized carbons (Fsp3) is 0.300. The molecule has 4 heterocycles. The summed E-state index contributed by atoms with van der Waals surface area (Å²) in [5.41, 5.74) is 7.31. The van der Waals surface area contributed by atoms with Gasteiger partial charge in [0.05, 0.1) is 23.1 Å². The quantitative estimate of drug-likeness (QED) is 0.654. The molecule has 152 valence electrons. The lowest BCUT2D eigenvalue weighted by Gasteiger charge is -2.18. The van der Waals surface area contributed by atoms with E-state index in [0.29, 0.717) is 22.5 Å². The van der Waals surface area contributed by atoms with Gasteiger partial charge in [-0.3, -0.25) is 9.78 Å². The minimum absolute atomic E-state index is 0.248. The first kappa shape index (κ1) is 19.4. The van der Waals surface area contributed by atoms with E-state index >= 15 is 0 Å². The molecule has 3 aromatic heterocycles. The van der Waals surface area contributed by atoms with Crippen molar-refractivity contribution in [3.63, 3.8) is 0 Å². The van der Waals surface area contributed by atoms with E-state index in [1.54, 1.807) is 12.1 Å². The first-order chi connectivity index (χ1) is 14.5. The number of carbonyl (C=O) groups is 1. The smallest absolute Gasteiger partial charge is 0.231 e. The molecule has 0 bridgehead atoms. The maximum absolute atomic E-state index is 14.7. The van der Waals surface area contributed by atoms with Gasteiger partial charge in [-0.15, -0.1) is 0 Å². The summed E-state index contributed by atoms with van der Waals surface area (Å²) in [6.45, 7) is 1.78. The van der Waals surface area contributed by atoms with Crippen LogP contribution in [0.3, 0.4) is 0 Å². The molecule has 4 rings (SSSR count). The predicted molar refractivity (Wildman–Crippen MR) is 105 cm³/mol. The molecule has 2 N–H and O–H groups in total. The Kier molecular flexibility index (Phi) is 5.34. The molecule has 0 aliphatic carbocycles. The van der Waals surface area contributed by atoms with E-state index in [2.05, 4.69) is 20.2 Å². The van der Waals surface area contributed by atoms with Crippen LogP contribution in [0.5, 0.6) is 0 Å². The van der Waals surface area contributed by atoms with Gasteiger partial charge in [-0.1, -0.05) is 0 Å². The molecule has 0 radical (unpaired) electrons. The summed E-state index contributed by atoms with van der Waals surface area (Å²) < 4.78 is 14.7. The number of nitrogens with zero attached hydrogens (tertiary/aromatic N) is 7. The van der Waals surface area contributed by atoms with E-state index in [9.17, 15) is 9.18 Å². The molecular weight excluding hydrogens is 387 g/mol. The van der Waals surface area contributed by atoms with E-state index in [0.717, 1.165) is 25.9 Å². The van der Waals surface area contributed by atoms with Gasteiger partial charge in [-0.05, 0) is 36.6 Å². The van der Waals surface area contributed by atoms with Crippen molar-refractivity contribution < 1.29 is 9.18 Å². The number of pyridine rings is 2. The van der Waals surface area contributed by atoms with Crippen molar-refractivity contribution in [2.45, 2.75) is 25.3 Å². The number of nitriles is 1. The van der Waals surface area contributed by atoms with Crippen LogP contribution in [0.25, 0.3) is 0 Å². The van der Waals surface area contributed by atoms with E-state index in [1.165, 1.54) is 29.5 Å². The Balaban J connectivity index is 1.57. The van der Waals surface area contributed by atoms with Gasteiger partial charge in [-0.2, -0.15) is 20.3 Å². The minimum atomic E-state index is -0.970. The van der Waals surface area contributed by atoms with Gasteiger partial charge in [0, 0.05) is 25.5 Å². The fourth-order valence-electron chi connectivity index (χ4n) is 3.49. The SMILES string of the molecule is N#Cc1ccc(Cn2ncc(C(C(N)=O)c3cnc(N4CCCC4)c(F)c3)n2)nc1. The second-order valence-electron chi connectivity index (χ2n) is 7.05. The summed E-state index contributed by atoms with van der Waals surface area (Å²) in [4.78, 5) is 23.8. The maximum atomic E-state index is 14.7. The monoisotopic (exact) mass is 406 g/mol. The molecule has 0 spiro atoms. The molecule has 3 aromatic rings. The number of carbonyl (C=O) groups excluding carboxylic acids is 1. The van der Waals surface area contributed by atoms with Gasteiger partial charge < -0.3 is 10.6 Å². The number of hydrogen-bond acceptors (Lipinski definition) is 7. The summed E-state index contributed by atoms with van der Waals surface area (Å²) >= 11 is 0. The zero-order valence-electron chi connectivity index (χ0n) is 16.1. The molecule has 1 atom stereocenters. The fourth-order valence-corrected chi connectivity index (χ4v) is 3.49. The lowest BCUT2D eigenvalue weighted by Crippen LogP contribution is -2.25. The van der Waals surface area contributed by atoms with Crippen LogP contribution in [0.1, 0.15) is 41.3 Å². The standard InChI is InChI=1S/C20H19FN8O/c21-16-7-14(10-25-20(16)28-5-1-2-6-28)18(19(23)30)17-11-26-29(27-17)12-15-4-3-13(8-22)9-24-15/h3-4,7,9-11,18H,1-2,5-6,12H2,(H2,23,30). The Morgan fingerprint density at radius 3 is 2.67 bits per heavy atom. The van der Waals surface area contributed by atoms with Crippen LogP contribution in [0.2, 0.25) is 0 Å². The number of aromatic nitrogens is 5. The second kappa shape index (κ2) is 8.24. The molecule has 1 saturated heterocycles. The molecular formula is C20H19FN8O. The normalized spacial score (nSPS) is 14.5. The van der Waals surface area contributed by atoms with Crippen molar-refractivity contribution in [3.05, 3.63) is 65.1 Å². The number of nitrogens with two attached hydrogens (primary N) is 1. The van der Waals surface area contributed by atoms with Crippen molar-refractivity contribution in [1.82, 2.24) is 25.0 Å². The molecule has 9 nitrogen and oxygen atoms in total. The Bertz CT molecular complexity index is 1100. The highest BCUT2D eigenvalue weighted by atomic mass is 19.1. The first-order valence-electron chi connectivity index (χ1n) is 9.50. The van der Waals surface area contributed by atoms with Gasteiger partial charge in [0.25, 0.3) is 0 Å². The van der Waals surface area contributed by atoms with Crippen LogP contribution < -0.4 is 10.6 Å². The van der Waals surface area contributed by atoms with Crippen LogP contribution in [-0.4, -0.2) is 44.0 Å². The van der Waals surface area contributed by atoms with Crippen LogP contribution in [0.15, 0.2) is 36.8 Å². The summed E-state index contributed by atoms with van der Waals surface area (Å²) in [6, 6.07) is 6.64. The number of primary amides is 1. The van der Waals surface area contributed by atoms with E-state index in [4.69, 9.17) is 11.0 Å². The molecule has 1 aliphatic heterocycles. The first-order valence-corrected chi connectivity index (χ1v) is 9.50. The van der Waals surface area contributed by atoms with Gasteiger partial charge >= 0.3 is 0 Å². The van der Waals surface area contributed by atoms with Crippen LogP contribution >= 0.6 is 0 Å². The Hall–Kier alpha value is -3.87. The third-order valence-electron chi connectivity index (χ3n) is 4.97. The van der Waals surface area contributed by atoms with Crippen molar-refractivity contribution in [2.24, 2.45) is 5.73 Å². The molecule has 1 aliphatic rings. The number of hydrogen-bond donors (Lipinski definition) is 1. The van der Waals surface area contributed by atoms with E-state index < -0.39 is 17.6 Å². The van der Waals surface area contributed by atoms with Gasteiger partial charge in [0.15, 0.2) is 11.6 Å². The number of anilines is 1. The van der Waals surface area contributed by atoms with Crippen molar-refractivity contribution in [3.8, 4) is 6.07 Å². The lowest BCUT2D eigenvalue weighted by atomic mass is 9.97. The largest absolute Gasteiger partial charge is 0.369 e. The molecule has 1 amide bonds. The summed E-state index contributed by atoms with van der Waals surface area (Å²) in [6.07, 6.45) is 6.36. The van der Waals surface area contributed by atoms with Gasteiger partial charge in [0.2, 0.25) is 5.91 Å². The molecule has 1 unspecified atom stereocenters. The van der Waals surface area contributed by atoms with Gasteiger partial charge in [0.1, 0.15) is 18.5 Å². The van der Waals surface area contributed by atoms with E-state index in [-0.39, 0.29) is 12.4 Å². The third-order valence-corrected chi connectivity index (χ3v) is 4.97. The zero-order chi connectivity index (χ0) is 21.1. The molecule has 0 aromatic carbocycles. The van der Waals surface area contributed by atoms with Crippen molar-refractivity contribution in [2.75, 3.05) is 18.0 Å². The second-order valence-corrected chi connectivity index (χ2v) is 7.05. The highest BCUT2D eigenvalue weighted by Gasteiger charge is 2.26. The minimum Gasteiger partial charge on any atom is -0.369 e. The topological polar surface area (TPSA) is 127 Å². The molecule has 0 saturated carbocycles. The Morgan fingerprint density at radius 2 is 2.03 bits per heavy atom. The number of rotatable bonds is 6. The summed E-state index contributed by atoms with van der Waals surface area (Å²) in [7, 11) is 0. The lowest BCUT2D eigenvalue weighted by molar-refractivity contribution is -0.118. The van der Waals surface area contributed by atoms with Crippen LogP contribution in [-0.2, 0) is 11.3 Å². The number of amides is 1. The van der Waals surface area contributed by atoms with Crippen molar-refractivity contribution in [1.29, 1.82) is 5.26 Å². The predicted octanol–water partition coefficient (Wildman–Crippen LogP) is 1.34. The Morgan fingerprint density at radius 1 is 1.23 bits per heavy atom. The maximum Gasteiger partial charge on any atom is 0.231 e. The zero-order valence-corrected chi connectivity index (χ0v) is 16.1. The van der Waals surface area contributed by atoms with Crippen LogP contribution in [0, 0.1) is 17.1 Å². The number of halogens is 1. The highest BCUT2D eigenvalue weighted by molar-refractivity contribution is 5.85. The molecule has 30 heavy (non-hydrogen) atoms. The molecule has 1 fully saturated rings. The van der Waals surface area contributed by atoms with Gasteiger partial charge in [-0.25, -0.2) is 9.37 Å². The summed E-state index contributed by atoms with van der Waals surface area (Å²) in [5, 5.41) is 17.3. The molecule has 10 heteroatoms. The third kappa shape index (κ3) is 3.96. The average Bonchev–Trinajstić information content (AvgIpc) is 3.41.